The van der Waals surface area contributed by atoms with E-state index in [0.29, 0.717) is 22.2 Å². The molecular formula is C21H20Cl2N2O3. The van der Waals surface area contributed by atoms with Crippen LogP contribution in [0.2, 0.25) is 10.0 Å². The van der Waals surface area contributed by atoms with Gasteiger partial charge in [0.05, 0.1) is 6.61 Å². The molecule has 0 saturated heterocycles. The van der Waals surface area contributed by atoms with Gasteiger partial charge in [0.2, 0.25) is 0 Å². The lowest BCUT2D eigenvalue weighted by Crippen LogP contribution is -2.14. The smallest absolute Gasteiger partial charge is 0.356 e. The maximum atomic E-state index is 12.2. The summed E-state index contributed by atoms with van der Waals surface area (Å²) in [4.78, 5) is 12.2. The van der Waals surface area contributed by atoms with Crippen LogP contribution in [0.4, 0.5) is 0 Å². The Balaban J connectivity index is 1.80. The molecule has 7 heteroatoms. The van der Waals surface area contributed by atoms with Crippen molar-refractivity contribution in [1.82, 2.24) is 9.78 Å². The fourth-order valence-corrected chi connectivity index (χ4v) is 3.46. The summed E-state index contributed by atoms with van der Waals surface area (Å²) in [6, 6.07) is 14.7. The maximum absolute atomic E-state index is 12.2. The molecular weight excluding hydrogens is 399 g/mol. The van der Waals surface area contributed by atoms with Crippen molar-refractivity contribution < 1.29 is 14.3 Å². The number of ether oxygens (including phenoxy) is 2. The number of esters is 1. The van der Waals surface area contributed by atoms with E-state index in [1.807, 2.05) is 42.5 Å². The van der Waals surface area contributed by atoms with Crippen molar-refractivity contribution in [2.45, 2.75) is 12.5 Å². The minimum Gasteiger partial charge on any atom is -0.461 e. The zero-order valence-electron chi connectivity index (χ0n) is 15.6. The number of carbonyl (C=O) groups excluding carboxylic acids is 1. The van der Waals surface area contributed by atoms with E-state index in [-0.39, 0.29) is 12.7 Å². The van der Waals surface area contributed by atoms with Crippen molar-refractivity contribution in [3.05, 3.63) is 87.2 Å². The largest absolute Gasteiger partial charge is 0.461 e. The SMILES string of the molecule is COC(c1ccccc1Cl)c1cc(Cl)ccc1CCOC(=O)c1ccnn1C. The van der Waals surface area contributed by atoms with Gasteiger partial charge in [-0.15, -0.1) is 0 Å². The molecule has 1 atom stereocenters. The predicted molar refractivity (Wildman–Crippen MR) is 109 cm³/mol. The Morgan fingerprint density at radius 1 is 1.14 bits per heavy atom. The molecule has 3 aromatic rings. The molecule has 0 aliphatic carbocycles. The van der Waals surface area contributed by atoms with E-state index in [9.17, 15) is 4.79 Å². The number of methoxy groups -OCH3 is 1. The first-order chi connectivity index (χ1) is 13.5. The molecule has 3 rings (SSSR count). The van der Waals surface area contributed by atoms with Gasteiger partial charge < -0.3 is 9.47 Å². The number of rotatable bonds is 7. The third-order valence-electron chi connectivity index (χ3n) is 4.45. The number of aromatic nitrogens is 2. The number of carbonyl (C=O) groups is 1. The van der Waals surface area contributed by atoms with Crippen molar-refractivity contribution in [3.8, 4) is 0 Å². The molecule has 0 amide bonds. The average Bonchev–Trinajstić information content (AvgIpc) is 3.11. The molecule has 0 saturated carbocycles. The van der Waals surface area contributed by atoms with E-state index in [0.717, 1.165) is 16.7 Å². The van der Waals surface area contributed by atoms with Crippen molar-refractivity contribution in [1.29, 1.82) is 0 Å². The minimum absolute atomic E-state index is 0.220. The normalized spacial score (nSPS) is 12.0. The van der Waals surface area contributed by atoms with Crippen molar-refractivity contribution in [3.63, 3.8) is 0 Å². The minimum atomic E-state index is -0.412. The number of hydrogen-bond acceptors (Lipinski definition) is 4. The Bertz CT molecular complexity index is 972. The molecule has 0 spiro atoms. The van der Waals surface area contributed by atoms with E-state index >= 15 is 0 Å². The van der Waals surface area contributed by atoms with E-state index in [1.54, 1.807) is 26.4 Å². The van der Waals surface area contributed by atoms with Crippen LogP contribution in [0.1, 0.15) is 33.3 Å². The number of hydrogen-bond donors (Lipinski definition) is 0. The molecule has 1 heterocycles. The summed E-state index contributed by atoms with van der Waals surface area (Å²) >= 11 is 12.6. The second kappa shape index (κ2) is 9.24. The summed E-state index contributed by atoms with van der Waals surface area (Å²) in [7, 11) is 3.32. The molecule has 0 radical (unpaired) electrons. The zero-order chi connectivity index (χ0) is 20.1. The van der Waals surface area contributed by atoms with Gasteiger partial charge >= 0.3 is 5.97 Å². The molecule has 5 nitrogen and oxygen atoms in total. The summed E-state index contributed by atoms with van der Waals surface area (Å²) in [6.07, 6.45) is 1.69. The van der Waals surface area contributed by atoms with Crippen LogP contribution < -0.4 is 0 Å². The van der Waals surface area contributed by atoms with E-state index in [2.05, 4.69) is 5.10 Å². The van der Waals surface area contributed by atoms with Crippen LogP contribution in [0.3, 0.4) is 0 Å². The highest BCUT2D eigenvalue weighted by Crippen LogP contribution is 2.34. The highest BCUT2D eigenvalue weighted by atomic mass is 35.5. The molecule has 0 bridgehead atoms. The zero-order valence-corrected chi connectivity index (χ0v) is 17.1. The Hall–Kier alpha value is -2.34. The van der Waals surface area contributed by atoms with Crippen LogP contribution in [0, 0.1) is 0 Å². The number of nitrogens with zero attached hydrogens (tertiary/aromatic N) is 2. The molecule has 0 aliphatic heterocycles. The summed E-state index contributed by atoms with van der Waals surface area (Å²) < 4.78 is 12.6. The average molecular weight is 419 g/mol. The van der Waals surface area contributed by atoms with Crippen molar-refractivity contribution >= 4 is 29.2 Å². The van der Waals surface area contributed by atoms with Crippen LogP contribution in [0.15, 0.2) is 54.7 Å². The topological polar surface area (TPSA) is 53.4 Å². The Kier molecular flexibility index (Phi) is 6.73. The molecule has 0 fully saturated rings. The van der Waals surface area contributed by atoms with Gasteiger partial charge in [0.15, 0.2) is 0 Å². The maximum Gasteiger partial charge on any atom is 0.356 e. The Morgan fingerprint density at radius 2 is 1.93 bits per heavy atom. The summed E-state index contributed by atoms with van der Waals surface area (Å²) in [5, 5.41) is 5.19. The fourth-order valence-electron chi connectivity index (χ4n) is 3.05. The quantitative estimate of drug-likeness (QED) is 0.513. The molecule has 28 heavy (non-hydrogen) atoms. The van der Waals surface area contributed by atoms with Gasteiger partial charge in [0, 0.05) is 42.4 Å². The van der Waals surface area contributed by atoms with Gasteiger partial charge in [-0.05, 0) is 35.4 Å². The predicted octanol–water partition coefficient (Wildman–Crippen LogP) is 4.86. The van der Waals surface area contributed by atoms with Gasteiger partial charge in [0.1, 0.15) is 11.8 Å². The van der Waals surface area contributed by atoms with E-state index in [4.69, 9.17) is 32.7 Å². The highest BCUT2D eigenvalue weighted by molar-refractivity contribution is 6.31. The van der Waals surface area contributed by atoms with Crippen LogP contribution in [-0.2, 0) is 22.9 Å². The standard InChI is InChI=1S/C21H20Cl2N2O3/c1-25-19(9-11-24-25)21(26)28-12-10-14-7-8-15(22)13-17(14)20(27-2)16-5-3-4-6-18(16)23/h3-9,11,13,20H,10,12H2,1-2H3. The first-order valence-corrected chi connectivity index (χ1v) is 9.47. The summed E-state index contributed by atoms with van der Waals surface area (Å²) in [5.41, 5.74) is 3.11. The first-order valence-electron chi connectivity index (χ1n) is 8.72. The lowest BCUT2D eigenvalue weighted by molar-refractivity contribution is 0.0495. The van der Waals surface area contributed by atoms with E-state index < -0.39 is 5.97 Å². The van der Waals surface area contributed by atoms with Crippen molar-refractivity contribution in [2.24, 2.45) is 7.05 Å². The van der Waals surface area contributed by atoms with Gasteiger partial charge in [-0.2, -0.15) is 5.10 Å². The molecule has 1 aromatic heterocycles. The third kappa shape index (κ3) is 4.55. The molecule has 0 N–H and O–H groups in total. The molecule has 1 unspecified atom stereocenters. The number of benzene rings is 2. The van der Waals surface area contributed by atoms with Gasteiger partial charge in [-0.25, -0.2) is 4.79 Å². The fraction of sp³-hybridized carbons (Fsp3) is 0.238. The van der Waals surface area contributed by atoms with Gasteiger partial charge in [0.25, 0.3) is 0 Å². The van der Waals surface area contributed by atoms with Crippen LogP contribution >= 0.6 is 23.2 Å². The summed E-state index contributed by atoms with van der Waals surface area (Å²) in [6.45, 7) is 0.220. The first kappa shape index (κ1) is 20.4. The summed E-state index contributed by atoms with van der Waals surface area (Å²) in [5.74, 6) is -0.412. The third-order valence-corrected chi connectivity index (χ3v) is 5.03. The van der Waals surface area contributed by atoms with Crippen LogP contribution in [0.5, 0.6) is 0 Å². The van der Waals surface area contributed by atoms with Gasteiger partial charge in [-0.1, -0.05) is 47.5 Å². The van der Waals surface area contributed by atoms with Gasteiger partial charge in [-0.3, -0.25) is 4.68 Å². The number of aryl methyl sites for hydroxylation is 1. The van der Waals surface area contributed by atoms with Crippen LogP contribution in [-0.4, -0.2) is 29.5 Å². The lowest BCUT2D eigenvalue weighted by atomic mass is 9.95. The second-order valence-corrected chi connectivity index (χ2v) is 7.05. The van der Waals surface area contributed by atoms with Crippen molar-refractivity contribution in [2.75, 3.05) is 13.7 Å². The molecule has 2 aromatic carbocycles. The second-order valence-electron chi connectivity index (χ2n) is 6.21. The van der Waals surface area contributed by atoms with Crippen LogP contribution in [0.25, 0.3) is 0 Å². The van der Waals surface area contributed by atoms with E-state index in [1.165, 1.54) is 4.68 Å². The monoisotopic (exact) mass is 418 g/mol. The molecule has 146 valence electrons. The Labute approximate surface area is 173 Å². The Morgan fingerprint density at radius 3 is 2.61 bits per heavy atom. The highest BCUT2D eigenvalue weighted by Gasteiger charge is 2.20. The lowest BCUT2D eigenvalue weighted by Gasteiger charge is -2.21. The molecule has 0 aliphatic rings. The number of halogens is 2.